The number of methoxy groups -OCH3 is 1. The van der Waals surface area contributed by atoms with Crippen molar-refractivity contribution in [1.82, 2.24) is 0 Å². The topological polar surface area (TPSA) is 36.9 Å². The van der Waals surface area contributed by atoms with E-state index in [1.807, 2.05) is 0 Å². The molecule has 0 aromatic rings. The highest BCUT2D eigenvalue weighted by molar-refractivity contribution is 4.73. The smallest absolute Gasteiger partial charge is 0.0859 e. The fourth-order valence-electron chi connectivity index (χ4n) is 1.85. The summed E-state index contributed by atoms with van der Waals surface area (Å²) >= 11 is 0. The average molecular weight is 318 g/mol. The molecule has 2 atom stereocenters. The van der Waals surface area contributed by atoms with Crippen LogP contribution in [-0.2, 0) is 18.9 Å². The van der Waals surface area contributed by atoms with Crippen molar-refractivity contribution in [3.05, 3.63) is 0 Å². The molecule has 0 spiro atoms. The first-order valence-corrected chi connectivity index (χ1v) is 8.46. The highest BCUT2D eigenvalue weighted by atomic mass is 16.6. The summed E-state index contributed by atoms with van der Waals surface area (Å²) in [6.45, 7) is 18.1. The molecule has 2 unspecified atom stereocenters. The molecule has 0 fully saturated rings. The third-order valence-electron chi connectivity index (χ3n) is 3.75. The maximum Gasteiger partial charge on any atom is 0.0859 e. The zero-order valence-corrected chi connectivity index (χ0v) is 16.0. The first kappa shape index (κ1) is 21.8. The minimum absolute atomic E-state index is 0.139. The van der Waals surface area contributed by atoms with Crippen LogP contribution in [-0.4, -0.2) is 51.3 Å². The summed E-state index contributed by atoms with van der Waals surface area (Å²) in [5, 5.41) is 0. The molecule has 134 valence electrons. The van der Waals surface area contributed by atoms with Crippen LogP contribution in [0.25, 0.3) is 0 Å². The zero-order chi connectivity index (χ0) is 17.2. The Morgan fingerprint density at radius 1 is 0.909 bits per heavy atom. The Hall–Kier alpha value is -0.160. The summed E-state index contributed by atoms with van der Waals surface area (Å²) < 4.78 is 22.7. The molecular formula is C18H38O4. The van der Waals surface area contributed by atoms with Crippen LogP contribution in [0.4, 0.5) is 0 Å². The molecule has 0 aromatic heterocycles. The van der Waals surface area contributed by atoms with E-state index in [1.54, 1.807) is 7.11 Å². The van der Waals surface area contributed by atoms with E-state index in [0.29, 0.717) is 44.9 Å². The Labute approximate surface area is 137 Å². The van der Waals surface area contributed by atoms with Crippen molar-refractivity contribution in [1.29, 1.82) is 0 Å². The quantitative estimate of drug-likeness (QED) is 0.511. The molecule has 0 heterocycles. The van der Waals surface area contributed by atoms with Crippen LogP contribution in [0.3, 0.4) is 0 Å². The first-order chi connectivity index (χ1) is 10.1. The predicted molar refractivity (Wildman–Crippen MR) is 91.4 cm³/mol. The van der Waals surface area contributed by atoms with Crippen molar-refractivity contribution in [2.75, 3.05) is 40.1 Å². The lowest BCUT2D eigenvalue weighted by Gasteiger charge is -2.32. The van der Waals surface area contributed by atoms with Gasteiger partial charge in [-0.05, 0) is 40.5 Å². The van der Waals surface area contributed by atoms with Crippen molar-refractivity contribution >= 4 is 0 Å². The van der Waals surface area contributed by atoms with Gasteiger partial charge in [-0.25, -0.2) is 0 Å². The second-order valence-electron chi connectivity index (χ2n) is 7.69. The van der Waals surface area contributed by atoms with Crippen molar-refractivity contribution in [2.24, 2.45) is 11.8 Å². The van der Waals surface area contributed by atoms with E-state index >= 15 is 0 Å². The lowest BCUT2D eigenvalue weighted by molar-refractivity contribution is -0.129. The SMILES string of the molecule is CCC(C)C(COCCOC)COC(C)(C)COC(C)(C)C. The lowest BCUT2D eigenvalue weighted by atomic mass is 9.93. The van der Waals surface area contributed by atoms with Gasteiger partial charge in [0.2, 0.25) is 0 Å². The molecular weight excluding hydrogens is 280 g/mol. The number of hydrogen-bond donors (Lipinski definition) is 0. The van der Waals surface area contributed by atoms with Gasteiger partial charge in [0.05, 0.1) is 44.2 Å². The van der Waals surface area contributed by atoms with E-state index in [0.717, 1.165) is 6.42 Å². The fourth-order valence-corrected chi connectivity index (χ4v) is 1.85. The number of rotatable bonds is 12. The lowest BCUT2D eigenvalue weighted by Crippen LogP contribution is -2.38. The van der Waals surface area contributed by atoms with Gasteiger partial charge in [0, 0.05) is 13.0 Å². The molecule has 4 nitrogen and oxygen atoms in total. The zero-order valence-electron chi connectivity index (χ0n) is 16.0. The Morgan fingerprint density at radius 3 is 2.05 bits per heavy atom. The molecule has 0 aromatic carbocycles. The minimum atomic E-state index is -0.286. The molecule has 0 saturated carbocycles. The van der Waals surface area contributed by atoms with Crippen molar-refractivity contribution in [3.8, 4) is 0 Å². The highest BCUT2D eigenvalue weighted by Gasteiger charge is 2.25. The third-order valence-corrected chi connectivity index (χ3v) is 3.75. The van der Waals surface area contributed by atoms with Gasteiger partial charge >= 0.3 is 0 Å². The predicted octanol–water partition coefficient (Wildman–Crippen LogP) is 3.92. The maximum atomic E-state index is 6.13. The molecule has 0 radical (unpaired) electrons. The molecule has 4 heteroatoms. The average Bonchev–Trinajstić information content (AvgIpc) is 2.43. The van der Waals surface area contributed by atoms with Gasteiger partial charge in [-0.1, -0.05) is 20.3 Å². The van der Waals surface area contributed by atoms with Gasteiger partial charge in [-0.2, -0.15) is 0 Å². The van der Waals surface area contributed by atoms with Crippen LogP contribution in [0.15, 0.2) is 0 Å². The van der Waals surface area contributed by atoms with Crippen LogP contribution in [0, 0.1) is 11.8 Å². The van der Waals surface area contributed by atoms with E-state index < -0.39 is 0 Å². The Kier molecular flexibility index (Phi) is 10.5. The molecule has 0 N–H and O–H groups in total. The van der Waals surface area contributed by atoms with Gasteiger partial charge in [0.25, 0.3) is 0 Å². The minimum Gasteiger partial charge on any atom is -0.382 e. The van der Waals surface area contributed by atoms with E-state index in [4.69, 9.17) is 18.9 Å². The van der Waals surface area contributed by atoms with Crippen molar-refractivity contribution < 1.29 is 18.9 Å². The molecule has 0 aliphatic heterocycles. The molecule has 0 bridgehead atoms. The van der Waals surface area contributed by atoms with Gasteiger partial charge in [-0.3, -0.25) is 0 Å². The van der Waals surface area contributed by atoms with Gasteiger partial charge in [0.15, 0.2) is 0 Å². The van der Waals surface area contributed by atoms with Gasteiger partial charge in [-0.15, -0.1) is 0 Å². The van der Waals surface area contributed by atoms with Gasteiger partial charge < -0.3 is 18.9 Å². The summed E-state index contributed by atoms with van der Waals surface area (Å²) in [6, 6.07) is 0. The summed E-state index contributed by atoms with van der Waals surface area (Å²) in [4.78, 5) is 0. The maximum absolute atomic E-state index is 6.13. The number of ether oxygens (including phenoxy) is 4. The molecule has 0 aliphatic rings. The van der Waals surface area contributed by atoms with Crippen LogP contribution in [0.5, 0.6) is 0 Å². The second kappa shape index (κ2) is 10.6. The van der Waals surface area contributed by atoms with Crippen molar-refractivity contribution in [3.63, 3.8) is 0 Å². The van der Waals surface area contributed by atoms with E-state index in [-0.39, 0.29) is 11.2 Å². The summed E-state index contributed by atoms with van der Waals surface area (Å²) in [5.74, 6) is 0.970. The normalized spacial score (nSPS) is 15.8. The Bertz CT molecular complexity index is 271. The van der Waals surface area contributed by atoms with Crippen LogP contribution in [0.1, 0.15) is 54.9 Å². The molecule has 0 amide bonds. The van der Waals surface area contributed by atoms with Crippen LogP contribution >= 0.6 is 0 Å². The van der Waals surface area contributed by atoms with E-state index in [9.17, 15) is 0 Å². The molecule has 0 rings (SSSR count). The standard InChI is InChI=1S/C18H38O4/c1-9-15(2)16(12-20-11-10-19-8)13-21-18(6,7)14-22-17(3,4)5/h15-16H,9-14H2,1-8H3. The first-order valence-electron chi connectivity index (χ1n) is 8.46. The molecule has 0 saturated heterocycles. The fraction of sp³-hybridized carbons (Fsp3) is 1.00. The Morgan fingerprint density at radius 2 is 1.55 bits per heavy atom. The Balaban J connectivity index is 4.29. The number of hydrogen-bond acceptors (Lipinski definition) is 4. The largest absolute Gasteiger partial charge is 0.382 e. The van der Waals surface area contributed by atoms with Crippen LogP contribution in [0.2, 0.25) is 0 Å². The summed E-state index contributed by atoms with van der Waals surface area (Å²) in [7, 11) is 1.69. The van der Waals surface area contributed by atoms with Crippen molar-refractivity contribution in [2.45, 2.75) is 66.1 Å². The van der Waals surface area contributed by atoms with Gasteiger partial charge in [0.1, 0.15) is 0 Å². The summed E-state index contributed by atoms with van der Waals surface area (Å²) in [5.41, 5.74) is -0.425. The van der Waals surface area contributed by atoms with E-state index in [1.165, 1.54) is 0 Å². The van der Waals surface area contributed by atoms with Crippen LogP contribution < -0.4 is 0 Å². The molecule has 0 aliphatic carbocycles. The molecule has 22 heavy (non-hydrogen) atoms. The highest BCUT2D eigenvalue weighted by Crippen LogP contribution is 2.21. The monoisotopic (exact) mass is 318 g/mol. The second-order valence-corrected chi connectivity index (χ2v) is 7.69. The summed E-state index contributed by atoms with van der Waals surface area (Å²) in [6.07, 6.45) is 1.13. The third kappa shape index (κ3) is 11.4. The van der Waals surface area contributed by atoms with E-state index in [2.05, 4.69) is 48.5 Å².